The number of thioether (sulfide) groups is 1. The van der Waals surface area contributed by atoms with Gasteiger partial charge in [0.25, 0.3) is 0 Å². The Kier molecular flexibility index (Phi) is 4.65. The van der Waals surface area contributed by atoms with E-state index in [-0.39, 0.29) is 6.03 Å². The van der Waals surface area contributed by atoms with Crippen molar-refractivity contribution in [2.24, 2.45) is 0 Å². The topological polar surface area (TPSA) is 82.5 Å². The second kappa shape index (κ2) is 6.25. The molecular weight excluding hydrogens is 286 g/mol. The van der Waals surface area contributed by atoms with Crippen LogP contribution in [0.25, 0.3) is 0 Å². The smallest absolute Gasteiger partial charge is 0.327 e. The zero-order valence-corrected chi connectivity index (χ0v) is 12.1. The van der Waals surface area contributed by atoms with Crippen LogP contribution >= 0.6 is 23.1 Å². The zero-order chi connectivity index (χ0) is 13.8. The van der Waals surface area contributed by atoms with Gasteiger partial charge in [-0.1, -0.05) is 0 Å². The molecule has 0 saturated carbocycles. The SMILES string of the molecule is Cc1ncc(CNC(=O)N2CCSCC2C(=O)O)s1. The lowest BCUT2D eigenvalue weighted by molar-refractivity contribution is -0.141. The number of rotatable bonds is 3. The summed E-state index contributed by atoms with van der Waals surface area (Å²) in [6.07, 6.45) is 1.72. The molecule has 1 saturated heterocycles. The van der Waals surface area contributed by atoms with Gasteiger partial charge < -0.3 is 15.3 Å². The predicted molar refractivity (Wildman–Crippen MR) is 74.5 cm³/mol. The number of urea groups is 1. The molecule has 0 aromatic carbocycles. The van der Waals surface area contributed by atoms with Crippen LogP contribution in [-0.4, -0.2) is 51.1 Å². The third-order valence-electron chi connectivity index (χ3n) is 2.76. The van der Waals surface area contributed by atoms with Gasteiger partial charge in [0.1, 0.15) is 6.04 Å². The van der Waals surface area contributed by atoms with E-state index in [1.807, 2.05) is 6.92 Å². The molecule has 1 fully saturated rings. The first-order valence-electron chi connectivity index (χ1n) is 5.84. The highest BCUT2D eigenvalue weighted by Crippen LogP contribution is 2.17. The molecule has 1 aromatic rings. The van der Waals surface area contributed by atoms with Crippen molar-refractivity contribution in [3.05, 3.63) is 16.1 Å². The number of thiazole rings is 1. The maximum Gasteiger partial charge on any atom is 0.327 e. The van der Waals surface area contributed by atoms with Crippen LogP contribution in [0.2, 0.25) is 0 Å². The van der Waals surface area contributed by atoms with Crippen molar-refractivity contribution in [3.63, 3.8) is 0 Å². The number of nitrogens with zero attached hydrogens (tertiary/aromatic N) is 2. The van der Waals surface area contributed by atoms with Crippen molar-refractivity contribution < 1.29 is 14.7 Å². The molecule has 2 rings (SSSR count). The van der Waals surface area contributed by atoms with Gasteiger partial charge in [0, 0.05) is 29.1 Å². The van der Waals surface area contributed by atoms with E-state index in [1.165, 1.54) is 16.2 Å². The average molecular weight is 301 g/mol. The molecule has 6 nitrogen and oxygen atoms in total. The summed E-state index contributed by atoms with van der Waals surface area (Å²) in [4.78, 5) is 29.6. The van der Waals surface area contributed by atoms with Gasteiger partial charge in [-0.3, -0.25) is 0 Å². The van der Waals surface area contributed by atoms with Gasteiger partial charge in [-0.2, -0.15) is 11.8 Å². The summed E-state index contributed by atoms with van der Waals surface area (Å²) in [5.41, 5.74) is 0. The number of aromatic nitrogens is 1. The Morgan fingerprint density at radius 3 is 3.05 bits per heavy atom. The van der Waals surface area contributed by atoms with Crippen LogP contribution < -0.4 is 5.32 Å². The Labute approximate surface area is 119 Å². The van der Waals surface area contributed by atoms with Crippen molar-refractivity contribution in [3.8, 4) is 0 Å². The van der Waals surface area contributed by atoms with Crippen LogP contribution in [0, 0.1) is 6.92 Å². The first kappa shape index (κ1) is 14.1. The molecule has 8 heteroatoms. The molecule has 0 bridgehead atoms. The fraction of sp³-hybridized carbons (Fsp3) is 0.545. The highest BCUT2D eigenvalue weighted by Gasteiger charge is 2.32. The predicted octanol–water partition coefficient (Wildman–Crippen LogP) is 1.16. The Morgan fingerprint density at radius 1 is 1.63 bits per heavy atom. The quantitative estimate of drug-likeness (QED) is 0.875. The monoisotopic (exact) mass is 301 g/mol. The molecule has 2 amide bonds. The molecule has 0 spiro atoms. The van der Waals surface area contributed by atoms with E-state index in [1.54, 1.807) is 18.0 Å². The van der Waals surface area contributed by atoms with E-state index in [0.717, 1.165) is 15.6 Å². The Morgan fingerprint density at radius 2 is 2.42 bits per heavy atom. The number of carbonyl (C=O) groups excluding carboxylic acids is 1. The van der Waals surface area contributed by atoms with Crippen LogP contribution in [0.5, 0.6) is 0 Å². The first-order chi connectivity index (χ1) is 9.08. The summed E-state index contributed by atoms with van der Waals surface area (Å²) in [6.45, 7) is 2.76. The summed E-state index contributed by atoms with van der Waals surface area (Å²) in [7, 11) is 0. The minimum absolute atomic E-state index is 0.321. The van der Waals surface area contributed by atoms with E-state index >= 15 is 0 Å². The number of hydrogen-bond donors (Lipinski definition) is 2. The van der Waals surface area contributed by atoms with Gasteiger partial charge in [0.2, 0.25) is 0 Å². The third kappa shape index (κ3) is 3.60. The second-order valence-electron chi connectivity index (χ2n) is 4.13. The Balaban J connectivity index is 1.92. The minimum Gasteiger partial charge on any atom is -0.480 e. The standard InChI is InChI=1S/C11H15N3O3S2/c1-7-12-4-8(19-7)5-13-11(17)14-2-3-18-6-9(14)10(15)16/h4,9H,2-3,5-6H2,1H3,(H,13,17)(H,15,16). The van der Waals surface area contributed by atoms with Crippen molar-refractivity contribution in [1.82, 2.24) is 15.2 Å². The number of carboxylic acid groups (broad SMARTS) is 1. The summed E-state index contributed by atoms with van der Waals surface area (Å²) >= 11 is 3.08. The number of nitrogens with one attached hydrogen (secondary N) is 1. The molecule has 1 atom stereocenters. The highest BCUT2D eigenvalue weighted by molar-refractivity contribution is 7.99. The van der Waals surface area contributed by atoms with Gasteiger partial charge in [-0.15, -0.1) is 11.3 Å². The Hall–Kier alpha value is -1.28. The summed E-state index contributed by atoms with van der Waals surface area (Å²) < 4.78 is 0. The number of aliphatic carboxylic acids is 1. The largest absolute Gasteiger partial charge is 0.480 e. The first-order valence-corrected chi connectivity index (χ1v) is 7.81. The van der Waals surface area contributed by atoms with Crippen LogP contribution in [0.3, 0.4) is 0 Å². The maximum absolute atomic E-state index is 12.0. The molecule has 0 aliphatic carbocycles. The minimum atomic E-state index is -0.948. The number of aryl methyl sites for hydroxylation is 1. The molecule has 1 aliphatic rings. The third-order valence-corrected chi connectivity index (χ3v) is 4.69. The molecule has 2 heterocycles. The van der Waals surface area contributed by atoms with Crippen LogP contribution in [-0.2, 0) is 11.3 Å². The summed E-state index contributed by atoms with van der Waals surface area (Å²) in [5, 5.41) is 12.8. The Bertz CT molecular complexity index is 478. The van der Waals surface area contributed by atoms with E-state index in [4.69, 9.17) is 5.11 Å². The van der Waals surface area contributed by atoms with Crippen molar-refractivity contribution in [1.29, 1.82) is 0 Å². The molecule has 19 heavy (non-hydrogen) atoms. The number of amides is 2. The molecule has 0 radical (unpaired) electrons. The van der Waals surface area contributed by atoms with Crippen LogP contribution in [0.1, 0.15) is 9.88 Å². The normalized spacial score (nSPS) is 19.2. The number of hydrogen-bond acceptors (Lipinski definition) is 5. The lowest BCUT2D eigenvalue weighted by Gasteiger charge is -2.32. The molecule has 1 aromatic heterocycles. The van der Waals surface area contributed by atoms with Crippen molar-refractivity contribution in [2.75, 3.05) is 18.1 Å². The molecule has 1 unspecified atom stereocenters. The lowest BCUT2D eigenvalue weighted by Crippen LogP contribution is -2.53. The van der Waals surface area contributed by atoms with Gasteiger partial charge >= 0.3 is 12.0 Å². The number of carboxylic acids is 1. The van der Waals surface area contributed by atoms with Gasteiger partial charge in [0.05, 0.1) is 11.6 Å². The second-order valence-corrected chi connectivity index (χ2v) is 6.60. The lowest BCUT2D eigenvalue weighted by atomic mass is 10.3. The zero-order valence-electron chi connectivity index (χ0n) is 10.5. The van der Waals surface area contributed by atoms with Crippen LogP contribution in [0.4, 0.5) is 4.79 Å². The molecular formula is C11H15N3O3S2. The fourth-order valence-electron chi connectivity index (χ4n) is 1.80. The number of carbonyl (C=O) groups is 2. The fourth-order valence-corrected chi connectivity index (χ4v) is 3.58. The van der Waals surface area contributed by atoms with Crippen molar-refractivity contribution >= 4 is 35.1 Å². The summed E-state index contributed by atoms with van der Waals surface area (Å²) in [5.74, 6) is 0.273. The van der Waals surface area contributed by atoms with Crippen molar-refractivity contribution in [2.45, 2.75) is 19.5 Å². The molecule has 2 N–H and O–H groups in total. The van der Waals surface area contributed by atoms with Gasteiger partial charge in [0.15, 0.2) is 0 Å². The average Bonchev–Trinajstić information content (AvgIpc) is 2.81. The molecule has 104 valence electrons. The van der Waals surface area contributed by atoms with E-state index in [2.05, 4.69) is 10.3 Å². The highest BCUT2D eigenvalue weighted by atomic mass is 32.2. The maximum atomic E-state index is 12.0. The van der Waals surface area contributed by atoms with E-state index in [9.17, 15) is 9.59 Å². The van der Waals surface area contributed by atoms with Gasteiger partial charge in [-0.05, 0) is 6.92 Å². The van der Waals surface area contributed by atoms with E-state index < -0.39 is 12.0 Å². The molecule has 1 aliphatic heterocycles. The van der Waals surface area contributed by atoms with Gasteiger partial charge in [-0.25, -0.2) is 14.6 Å². The van der Waals surface area contributed by atoms with Crippen LogP contribution in [0.15, 0.2) is 6.20 Å². The van der Waals surface area contributed by atoms with E-state index in [0.29, 0.717) is 18.8 Å². The summed E-state index contributed by atoms with van der Waals surface area (Å²) in [6, 6.07) is -1.05.